The summed E-state index contributed by atoms with van der Waals surface area (Å²) in [5.41, 5.74) is 2.27. The summed E-state index contributed by atoms with van der Waals surface area (Å²) in [4.78, 5) is 17.3. The minimum absolute atomic E-state index is 0.0986. The second-order valence-corrected chi connectivity index (χ2v) is 4.84. The third-order valence-electron chi connectivity index (χ3n) is 3.66. The molecule has 3 rings (SSSR count). The van der Waals surface area contributed by atoms with Gasteiger partial charge in [-0.3, -0.25) is 4.79 Å². The third-order valence-corrected chi connectivity index (χ3v) is 3.66. The van der Waals surface area contributed by atoms with E-state index in [9.17, 15) is 10.1 Å². The first-order chi connectivity index (χ1) is 10.2. The van der Waals surface area contributed by atoms with E-state index in [1.807, 2.05) is 25.1 Å². The number of ether oxygens (including phenoxy) is 1. The minimum atomic E-state index is -0.549. The van der Waals surface area contributed by atoms with Gasteiger partial charge in [0.2, 0.25) is 6.23 Å². The van der Waals surface area contributed by atoms with Gasteiger partial charge >= 0.3 is 0 Å². The van der Waals surface area contributed by atoms with Crippen LogP contribution < -0.4 is 10.1 Å². The highest BCUT2D eigenvalue weighted by molar-refractivity contribution is 6.12. The molecule has 2 atom stereocenters. The van der Waals surface area contributed by atoms with Crippen LogP contribution in [-0.2, 0) is 9.63 Å². The number of hydrogen-bond acceptors (Lipinski definition) is 5. The normalized spacial score (nSPS) is 23.7. The van der Waals surface area contributed by atoms with E-state index >= 15 is 0 Å². The lowest BCUT2D eigenvalue weighted by Crippen LogP contribution is -2.46. The number of nitrogens with one attached hydrogen (secondary N) is 1. The molecule has 0 aromatic heterocycles. The van der Waals surface area contributed by atoms with Crippen molar-refractivity contribution in [2.75, 3.05) is 7.11 Å². The largest absolute Gasteiger partial charge is 0.497 e. The van der Waals surface area contributed by atoms with Crippen LogP contribution in [0.15, 0.2) is 35.0 Å². The van der Waals surface area contributed by atoms with Crippen molar-refractivity contribution in [3.05, 3.63) is 35.4 Å². The molecule has 106 valence electrons. The summed E-state index contributed by atoms with van der Waals surface area (Å²) in [6.07, 6.45) is -0.549. The Morgan fingerprint density at radius 2 is 2.10 bits per heavy atom. The van der Waals surface area contributed by atoms with Crippen LogP contribution >= 0.6 is 0 Å². The van der Waals surface area contributed by atoms with Crippen molar-refractivity contribution in [1.29, 1.82) is 5.26 Å². The second-order valence-electron chi connectivity index (χ2n) is 4.84. The molecule has 2 heterocycles. The molecular weight excluding hydrogens is 270 g/mol. The molecule has 0 saturated heterocycles. The SMILES string of the molecule is COc1ccc(C2=C(C#N)C(=O)N[C@@H]3ON=C(C)[C@@H]23)cc1. The zero-order valence-corrected chi connectivity index (χ0v) is 11.6. The molecule has 0 aliphatic carbocycles. The molecule has 0 unspecified atom stereocenters. The Kier molecular flexibility index (Phi) is 3.10. The van der Waals surface area contributed by atoms with E-state index in [1.165, 1.54) is 0 Å². The van der Waals surface area contributed by atoms with Crippen molar-refractivity contribution in [2.24, 2.45) is 11.1 Å². The number of benzene rings is 1. The molecule has 0 fully saturated rings. The number of carbonyl (C=O) groups excluding carboxylic acids is 1. The smallest absolute Gasteiger partial charge is 0.265 e. The van der Waals surface area contributed by atoms with Gasteiger partial charge in [0.1, 0.15) is 17.4 Å². The molecule has 0 saturated carbocycles. The highest BCUT2D eigenvalue weighted by atomic mass is 16.7. The van der Waals surface area contributed by atoms with Crippen LogP contribution in [0, 0.1) is 17.2 Å². The average Bonchev–Trinajstić information content (AvgIpc) is 2.87. The van der Waals surface area contributed by atoms with Crippen LogP contribution in [0.5, 0.6) is 5.75 Å². The van der Waals surface area contributed by atoms with E-state index in [2.05, 4.69) is 10.5 Å². The zero-order chi connectivity index (χ0) is 15.0. The minimum Gasteiger partial charge on any atom is -0.497 e. The Balaban J connectivity index is 2.15. The number of nitrogens with zero attached hydrogens (tertiary/aromatic N) is 2. The van der Waals surface area contributed by atoms with Gasteiger partial charge in [0.15, 0.2) is 0 Å². The van der Waals surface area contributed by atoms with Crippen molar-refractivity contribution >= 4 is 17.2 Å². The van der Waals surface area contributed by atoms with Crippen molar-refractivity contribution < 1.29 is 14.4 Å². The van der Waals surface area contributed by atoms with Crippen molar-refractivity contribution in [3.63, 3.8) is 0 Å². The summed E-state index contributed by atoms with van der Waals surface area (Å²) in [7, 11) is 1.58. The summed E-state index contributed by atoms with van der Waals surface area (Å²) < 4.78 is 5.13. The summed E-state index contributed by atoms with van der Waals surface area (Å²) in [6, 6.07) is 9.23. The molecule has 2 aliphatic heterocycles. The molecule has 1 aromatic carbocycles. The average molecular weight is 283 g/mol. The molecular formula is C15H13N3O3. The number of oxime groups is 1. The van der Waals surface area contributed by atoms with E-state index in [1.54, 1.807) is 19.2 Å². The fourth-order valence-corrected chi connectivity index (χ4v) is 2.63. The van der Waals surface area contributed by atoms with Gasteiger partial charge in [-0.15, -0.1) is 0 Å². The van der Waals surface area contributed by atoms with Crippen LogP contribution in [0.3, 0.4) is 0 Å². The molecule has 6 nitrogen and oxygen atoms in total. The summed E-state index contributed by atoms with van der Waals surface area (Å²) in [5.74, 6) is 0.0305. The molecule has 6 heteroatoms. The van der Waals surface area contributed by atoms with E-state index in [0.29, 0.717) is 11.3 Å². The van der Waals surface area contributed by atoms with E-state index in [0.717, 1.165) is 11.3 Å². The number of hydrogen-bond donors (Lipinski definition) is 1. The molecule has 0 bridgehead atoms. The van der Waals surface area contributed by atoms with Crippen molar-refractivity contribution in [1.82, 2.24) is 5.32 Å². The Labute approximate surface area is 121 Å². The highest BCUT2D eigenvalue weighted by Gasteiger charge is 2.43. The molecule has 1 N–H and O–H groups in total. The van der Waals surface area contributed by atoms with Gasteiger partial charge in [0.05, 0.1) is 18.7 Å². The van der Waals surface area contributed by atoms with Crippen molar-refractivity contribution in [2.45, 2.75) is 13.2 Å². The Hall–Kier alpha value is -2.81. The van der Waals surface area contributed by atoms with Gasteiger partial charge in [-0.25, -0.2) is 0 Å². The topological polar surface area (TPSA) is 83.7 Å². The number of methoxy groups -OCH3 is 1. The van der Waals surface area contributed by atoms with Crippen molar-refractivity contribution in [3.8, 4) is 11.8 Å². The fraction of sp³-hybridized carbons (Fsp3) is 0.267. The maximum atomic E-state index is 12.0. The Morgan fingerprint density at radius 1 is 1.38 bits per heavy atom. The van der Waals surface area contributed by atoms with Crippen LogP contribution in [-0.4, -0.2) is 25.0 Å². The van der Waals surface area contributed by atoms with Gasteiger partial charge in [0, 0.05) is 0 Å². The lowest BCUT2D eigenvalue weighted by molar-refractivity contribution is -0.121. The first-order valence-corrected chi connectivity index (χ1v) is 6.45. The second kappa shape index (κ2) is 4.94. The van der Waals surface area contributed by atoms with E-state index in [4.69, 9.17) is 9.57 Å². The van der Waals surface area contributed by atoms with Crippen LogP contribution in [0.1, 0.15) is 12.5 Å². The predicted octanol–water partition coefficient (Wildman–Crippen LogP) is 1.45. The van der Waals surface area contributed by atoms with Gasteiger partial charge in [0.25, 0.3) is 5.91 Å². The quantitative estimate of drug-likeness (QED) is 0.890. The van der Waals surface area contributed by atoms with Gasteiger partial charge < -0.3 is 14.9 Å². The molecule has 2 aliphatic rings. The maximum absolute atomic E-state index is 12.0. The number of rotatable bonds is 2. The van der Waals surface area contributed by atoms with Gasteiger partial charge in [-0.2, -0.15) is 5.26 Å². The lowest BCUT2D eigenvalue weighted by Gasteiger charge is -2.27. The standard InChI is InChI=1S/C15H13N3O3/c1-8-12-13(9-3-5-10(20-2)6-4-9)11(7-16)14(19)17-15(12)21-18-8/h3-6,12,15H,1-2H3,(H,17,19)/t12-,15+/m0/s1. The number of amides is 1. The fourth-order valence-electron chi connectivity index (χ4n) is 2.63. The first kappa shape index (κ1) is 13.2. The van der Waals surface area contributed by atoms with E-state index < -0.39 is 12.1 Å². The lowest BCUT2D eigenvalue weighted by atomic mass is 9.82. The number of fused-ring (bicyclic) bond motifs is 1. The Morgan fingerprint density at radius 3 is 2.71 bits per heavy atom. The summed E-state index contributed by atoms with van der Waals surface area (Å²) in [6.45, 7) is 1.82. The summed E-state index contributed by atoms with van der Waals surface area (Å²) >= 11 is 0. The molecule has 1 aromatic rings. The molecule has 21 heavy (non-hydrogen) atoms. The van der Waals surface area contributed by atoms with Gasteiger partial charge in [-0.05, 0) is 30.2 Å². The predicted molar refractivity (Wildman–Crippen MR) is 75.1 cm³/mol. The third kappa shape index (κ3) is 2.03. The van der Waals surface area contributed by atoms with Crippen LogP contribution in [0.4, 0.5) is 0 Å². The Bertz CT molecular complexity index is 698. The molecule has 0 radical (unpaired) electrons. The zero-order valence-electron chi connectivity index (χ0n) is 11.6. The van der Waals surface area contributed by atoms with Crippen LogP contribution in [0.25, 0.3) is 5.57 Å². The first-order valence-electron chi connectivity index (χ1n) is 6.45. The molecule has 0 spiro atoms. The summed E-state index contributed by atoms with van der Waals surface area (Å²) in [5, 5.41) is 15.9. The molecule has 1 amide bonds. The monoisotopic (exact) mass is 283 g/mol. The number of carbonyl (C=O) groups is 1. The van der Waals surface area contributed by atoms with E-state index in [-0.39, 0.29) is 11.5 Å². The van der Waals surface area contributed by atoms with Gasteiger partial charge in [-0.1, -0.05) is 17.3 Å². The van der Waals surface area contributed by atoms with Crippen LogP contribution in [0.2, 0.25) is 0 Å². The highest BCUT2D eigenvalue weighted by Crippen LogP contribution is 2.37. The maximum Gasteiger partial charge on any atom is 0.265 e. The number of nitriles is 1.